The van der Waals surface area contributed by atoms with Gasteiger partial charge in [0.15, 0.2) is 0 Å². The summed E-state index contributed by atoms with van der Waals surface area (Å²) in [5, 5.41) is 0.225. The molecule has 1 rings (SSSR count). The van der Waals surface area contributed by atoms with Gasteiger partial charge in [-0.05, 0) is 0 Å². The van der Waals surface area contributed by atoms with E-state index in [9.17, 15) is 0 Å². The molecule has 0 aliphatic heterocycles. The van der Waals surface area contributed by atoms with Crippen molar-refractivity contribution in [1.82, 2.24) is 0 Å². The van der Waals surface area contributed by atoms with Crippen molar-refractivity contribution in [1.29, 1.82) is 0 Å². The van der Waals surface area contributed by atoms with E-state index >= 15 is 0 Å². The third-order valence-electron chi connectivity index (χ3n) is 4.18. The molecule has 0 saturated heterocycles. The molecule has 130 valence electrons. The zero-order valence-corrected chi connectivity index (χ0v) is 18.8. The molecule has 0 heterocycles. The number of unbranched alkanes of at least 4 members (excludes halogenated alkanes) is 1. The van der Waals surface area contributed by atoms with Crippen LogP contribution >= 0.6 is 0 Å². The fraction of sp³-hybridized carbons (Fsp3) is 0.579. The Hall–Kier alpha value is -0.434. The summed E-state index contributed by atoms with van der Waals surface area (Å²) >= 11 is -0.289. The molecule has 0 bridgehead atoms. The van der Waals surface area contributed by atoms with Crippen molar-refractivity contribution in [2.75, 3.05) is 0 Å². The maximum absolute atomic E-state index is 6.52. The van der Waals surface area contributed by atoms with Gasteiger partial charge in [0, 0.05) is 0 Å². The molecule has 1 aromatic carbocycles. The summed E-state index contributed by atoms with van der Waals surface area (Å²) in [5.41, 5.74) is 1.20. The van der Waals surface area contributed by atoms with Crippen LogP contribution in [0.15, 0.2) is 40.4 Å². The zero-order valence-electron chi connectivity index (χ0n) is 15.5. The Labute approximate surface area is 153 Å². The Morgan fingerprint density at radius 1 is 1.17 bits per heavy atom. The Balaban J connectivity index is 2.69. The molecule has 0 unspecified atom stereocenters. The van der Waals surface area contributed by atoms with Gasteiger partial charge in [-0.1, -0.05) is 0 Å². The number of rotatable bonds is 9. The van der Waals surface area contributed by atoms with Crippen molar-refractivity contribution in [3.8, 4) is 0 Å². The minimum atomic E-state index is -1.77. The van der Waals surface area contributed by atoms with Crippen molar-refractivity contribution < 1.29 is 9.16 Å². The molecule has 0 fully saturated rings. The standard InChI is InChI=1S/C19H32O2SiTe/c1-7-8-14-23-18(21-22(5,6)19(2,3)4)16-20-15-17-12-10-9-11-13-17/h9-13,16H,7-8,14-15H2,1-6H3/b18-16-. The van der Waals surface area contributed by atoms with Crippen LogP contribution < -0.4 is 0 Å². The van der Waals surface area contributed by atoms with E-state index in [-0.39, 0.29) is 26.0 Å². The van der Waals surface area contributed by atoms with Gasteiger partial charge in [0.25, 0.3) is 0 Å². The SMILES string of the molecule is CCCC[Te]/C(=C\OCc1ccccc1)O[Si](C)(C)C(C)(C)C. The predicted octanol–water partition coefficient (Wildman–Crippen LogP) is 5.95. The van der Waals surface area contributed by atoms with Crippen LogP contribution in [0.2, 0.25) is 22.6 Å². The average Bonchev–Trinajstić information content (AvgIpc) is 2.47. The Morgan fingerprint density at radius 2 is 1.83 bits per heavy atom. The molecule has 0 aliphatic rings. The van der Waals surface area contributed by atoms with E-state index in [0.717, 1.165) is 3.81 Å². The van der Waals surface area contributed by atoms with Crippen LogP contribution in [0.1, 0.15) is 46.1 Å². The second kappa shape index (κ2) is 9.76. The molecule has 0 radical (unpaired) electrons. The second-order valence-electron chi connectivity index (χ2n) is 7.30. The first-order valence-corrected chi connectivity index (χ1v) is 14.2. The first-order valence-electron chi connectivity index (χ1n) is 8.44. The Morgan fingerprint density at radius 3 is 2.39 bits per heavy atom. The molecular weight excluding hydrogens is 416 g/mol. The van der Waals surface area contributed by atoms with E-state index in [1.54, 1.807) is 0 Å². The Bertz CT molecular complexity index is 478. The monoisotopic (exact) mass is 450 g/mol. The van der Waals surface area contributed by atoms with Gasteiger partial charge >= 0.3 is 154 Å². The number of hydrogen-bond acceptors (Lipinski definition) is 2. The number of benzene rings is 1. The molecule has 0 aliphatic carbocycles. The summed E-state index contributed by atoms with van der Waals surface area (Å²) in [5.74, 6) is 0. The van der Waals surface area contributed by atoms with E-state index in [4.69, 9.17) is 9.16 Å². The van der Waals surface area contributed by atoms with E-state index in [2.05, 4.69) is 52.9 Å². The minimum absolute atomic E-state index is 0.225. The van der Waals surface area contributed by atoms with Crippen molar-refractivity contribution in [2.45, 2.75) is 69.7 Å². The van der Waals surface area contributed by atoms with Crippen molar-refractivity contribution >= 4 is 29.2 Å². The van der Waals surface area contributed by atoms with Gasteiger partial charge in [0.1, 0.15) is 0 Å². The average molecular weight is 448 g/mol. The van der Waals surface area contributed by atoms with E-state index < -0.39 is 8.32 Å². The van der Waals surface area contributed by atoms with E-state index in [0.29, 0.717) is 6.61 Å². The fourth-order valence-electron chi connectivity index (χ4n) is 1.59. The number of ether oxygens (including phenoxy) is 1. The van der Waals surface area contributed by atoms with Gasteiger partial charge in [-0.25, -0.2) is 0 Å². The van der Waals surface area contributed by atoms with Crippen molar-refractivity contribution in [2.24, 2.45) is 0 Å². The second-order valence-corrected chi connectivity index (χ2v) is 15.2. The normalized spacial score (nSPS) is 13.0. The molecule has 0 spiro atoms. The topological polar surface area (TPSA) is 18.5 Å². The summed E-state index contributed by atoms with van der Waals surface area (Å²) in [6.07, 6.45) is 4.45. The van der Waals surface area contributed by atoms with Crippen LogP contribution in [0.25, 0.3) is 0 Å². The molecule has 23 heavy (non-hydrogen) atoms. The van der Waals surface area contributed by atoms with Crippen molar-refractivity contribution in [3.63, 3.8) is 0 Å². The van der Waals surface area contributed by atoms with Crippen LogP contribution in [0.4, 0.5) is 0 Å². The van der Waals surface area contributed by atoms with Gasteiger partial charge in [-0.15, -0.1) is 0 Å². The van der Waals surface area contributed by atoms with Gasteiger partial charge < -0.3 is 0 Å². The molecular formula is C19H32O2SiTe. The summed E-state index contributed by atoms with van der Waals surface area (Å²) in [7, 11) is -1.77. The van der Waals surface area contributed by atoms with Crippen LogP contribution in [0, 0.1) is 0 Å². The van der Waals surface area contributed by atoms with E-state index in [1.807, 2.05) is 24.5 Å². The summed E-state index contributed by atoms with van der Waals surface area (Å²) in [4.78, 5) is 0. The summed E-state index contributed by atoms with van der Waals surface area (Å²) in [6, 6.07) is 10.3. The molecule has 0 amide bonds. The van der Waals surface area contributed by atoms with Crippen LogP contribution in [-0.2, 0) is 15.8 Å². The van der Waals surface area contributed by atoms with Crippen LogP contribution in [0.3, 0.4) is 0 Å². The van der Waals surface area contributed by atoms with Gasteiger partial charge in [-0.3, -0.25) is 0 Å². The fourth-order valence-corrected chi connectivity index (χ4v) is 6.99. The molecule has 2 nitrogen and oxygen atoms in total. The molecule has 4 heteroatoms. The summed E-state index contributed by atoms with van der Waals surface area (Å²) in [6.45, 7) is 14.3. The quantitative estimate of drug-likeness (QED) is 0.264. The van der Waals surface area contributed by atoms with Crippen LogP contribution in [-0.4, -0.2) is 29.2 Å². The zero-order chi connectivity index (χ0) is 17.3. The molecule has 0 saturated carbocycles. The predicted molar refractivity (Wildman–Crippen MR) is 103 cm³/mol. The number of hydrogen-bond donors (Lipinski definition) is 0. The van der Waals surface area contributed by atoms with Gasteiger partial charge in [0.2, 0.25) is 0 Å². The Kier molecular flexibility index (Phi) is 8.75. The third kappa shape index (κ3) is 7.79. The molecule has 0 N–H and O–H groups in total. The van der Waals surface area contributed by atoms with E-state index in [1.165, 1.54) is 22.9 Å². The molecule has 0 aromatic heterocycles. The first-order chi connectivity index (χ1) is 10.8. The maximum atomic E-state index is 6.52. The van der Waals surface area contributed by atoms with Crippen LogP contribution in [0.5, 0.6) is 0 Å². The van der Waals surface area contributed by atoms with Gasteiger partial charge in [0.05, 0.1) is 0 Å². The van der Waals surface area contributed by atoms with Gasteiger partial charge in [-0.2, -0.15) is 0 Å². The van der Waals surface area contributed by atoms with Crippen molar-refractivity contribution in [3.05, 3.63) is 46.0 Å². The molecule has 1 aromatic rings. The first kappa shape index (κ1) is 20.6. The molecule has 0 atom stereocenters. The summed E-state index contributed by atoms with van der Waals surface area (Å²) < 4.78 is 14.8. The third-order valence-corrected chi connectivity index (χ3v) is 11.7.